The second-order valence-corrected chi connectivity index (χ2v) is 6.14. The van der Waals surface area contributed by atoms with Crippen LogP contribution >= 0.6 is 11.3 Å². The molecule has 1 atom stereocenters. The van der Waals surface area contributed by atoms with Gasteiger partial charge in [-0.05, 0) is 35.2 Å². The van der Waals surface area contributed by atoms with Crippen LogP contribution in [0.25, 0.3) is 0 Å². The number of hydrogen-bond donors (Lipinski definition) is 2. The molecule has 1 amide bonds. The average Bonchev–Trinajstić information content (AvgIpc) is 2.89. The Bertz CT molecular complexity index is 370. The lowest BCUT2D eigenvalue weighted by Gasteiger charge is -2.20. The van der Waals surface area contributed by atoms with Crippen LogP contribution in [0.1, 0.15) is 56.6 Å². The normalized spacial score (nSPS) is 19.4. The van der Waals surface area contributed by atoms with Crippen LogP contribution in [0.4, 0.5) is 0 Å². The van der Waals surface area contributed by atoms with Crippen molar-refractivity contribution in [3.05, 3.63) is 22.4 Å². The first-order chi connectivity index (χ1) is 9.27. The van der Waals surface area contributed by atoms with E-state index in [0.717, 1.165) is 31.2 Å². The predicted molar refractivity (Wildman–Crippen MR) is 78.1 cm³/mol. The minimum Gasteiger partial charge on any atom is -0.387 e. The van der Waals surface area contributed by atoms with Gasteiger partial charge in [0.15, 0.2) is 0 Å². The van der Waals surface area contributed by atoms with E-state index in [1.54, 1.807) is 11.3 Å². The molecule has 0 radical (unpaired) electrons. The van der Waals surface area contributed by atoms with Crippen LogP contribution in [0.2, 0.25) is 0 Å². The molecule has 4 heteroatoms. The van der Waals surface area contributed by atoms with Crippen LogP contribution in [0, 0.1) is 5.92 Å². The predicted octanol–water partition coefficient (Wildman–Crippen LogP) is 3.26. The van der Waals surface area contributed by atoms with E-state index < -0.39 is 6.10 Å². The van der Waals surface area contributed by atoms with Gasteiger partial charge < -0.3 is 10.4 Å². The second-order valence-electron chi connectivity index (χ2n) is 5.36. The first kappa shape index (κ1) is 14.5. The maximum Gasteiger partial charge on any atom is 0.223 e. The summed E-state index contributed by atoms with van der Waals surface area (Å²) in [7, 11) is 0. The summed E-state index contributed by atoms with van der Waals surface area (Å²) in [6.07, 6.45) is 7.55. The molecule has 1 aliphatic rings. The zero-order chi connectivity index (χ0) is 13.5. The molecule has 3 nitrogen and oxygen atoms in total. The molecule has 0 aliphatic heterocycles. The van der Waals surface area contributed by atoms with Gasteiger partial charge in [-0.25, -0.2) is 0 Å². The third kappa shape index (κ3) is 4.62. The monoisotopic (exact) mass is 281 g/mol. The lowest BCUT2D eigenvalue weighted by molar-refractivity contribution is -0.126. The Hall–Kier alpha value is -0.870. The molecule has 1 fully saturated rings. The van der Waals surface area contributed by atoms with Crippen molar-refractivity contribution in [2.24, 2.45) is 5.92 Å². The maximum absolute atomic E-state index is 12.1. The summed E-state index contributed by atoms with van der Waals surface area (Å²) in [5.74, 6) is 0.270. The molecule has 0 aromatic carbocycles. The van der Waals surface area contributed by atoms with Crippen LogP contribution < -0.4 is 5.32 Å². The van der Waals surface area contributed by atoms with Crippen LogP contribution in [0.5, 0.6) is 0 Å². The SMILES string of the molecule is O=C(NCC(O)c1ccsc1)C1CCCCCCC1. The molecule has 1 aromatic rings. The quantitative estimate of drug-likeness (QED) is 0.890. The molecule has 2 rings (SSSR count). The maximum atomic E-state index is 12.1. The molecule has 1 aliphatic carbocycles. The fourth-order valence-electron chi connectivity index (χ4n) is 2.64. The molecular formula is C15H23NO2S. The summed E-state index contributed by atoms with van der Waals surface area (Å²) in [5.41, 5.74) is 0.892. The number of hydrogen-bond acceptors (Lipinski definition) is 3. The highest BCUT2D eigenvalue weighted by molar-refractivity contribution is 7.07. The zero-order valence-corrected chi connectivity index (χ0v) is 12.1. The van der Waals surface area contributed by atoms with Gasteiger partial charge in [0, 0.05) is 12.5 Å². The summed E-state index contributed by atoms with van der Waals surface area (Å²) < 4.78 is 0. The zero-order valence-electron chi connectivity index (χ0n) is 11.3. The fourth-order valence-corrected chi connectivity index (χ4v) is 3.35. The molecule has 0 saturated heterocycles. The molecule has 1 unspecified atom stereocenters. The van der Waals surface area contributed by atoms with Crippen molar-refractivity contribution >= 4 is 17.2 Å². The van der Waals surface area contributed by atoms with Gasteiger partial charge in [0.1, 0.15) is 0 Å². The number of nitrogens with one attached hydrogen (secondary N) is 1. The topological polar surface area (TPSA) is 49.3 Å². The number of carbonyl (C=O) groups excluding carboxylic acids is 1. The lowest BCUT2D eigenvalue weighted by atomic mass is 9.90. The van der Waals surface area contributed by atoms with Crippen LogP contribution in [-0.2, 0) is 4.79 Å². The Balaban J connectivity index is 1.76. The van der Waals surface area contributed by atoms with Gasteiger partial charge >= 0.3 is 0 Å². The highest BCUT2D eigenvalue weighted by Gasteiger charge is 2.20. The van der Waals surface area contributed by atoms with Gasteiger partial charge in [-0.1, -0.05) is 32.1 Å². The van der Waals surface area contributed by atoms with Gasteiger partial charge in [0.2, 0.25) is 5.91 Å². The van der Waals surface area contributed by atoms with E-state index in [2.05, 4.69) is 5.32 Å². The smallest absolute Gasteiger partial charge is 0.223 e. The highest BCUT2D eigenvalue weighted by Crippen LogP contribution is 2.22. The van der Waals surface area contributed by atoms with Gasteiger partial charge in [-0.15, -0.1) is 0 Å². The number of amides is 1. The lowest BCUT2D eigenvalue weighted by Crippen LogP contribution is -2.34. The number of aliphatic hydroxyl groups excluding tert-OH is 1. The third-order valence-corrected chi connectivity index (χ3v) is 4.58. The van der Waals surface area contributed by atoms with Crippen molar-refractivity contribution in [2.45, 2.75) is 51.0 Å². The Morgan fingerprint density at radius 1 is 1.32 bits per heavy atom. The van der Waals surface area contributed by atoms with Gasteiger partial charge in [-0.2, -0.15) is 11.3 Å². The van der Waals surface area contributed by atoms with Crippen molar-refractivity contribution in [2.75, 3.05) is 6.54 Å². The molecular weight excluding hydrogens is 258 g/mol. The fraction of sp³-hybridized carbons (Fsp3) is 0.667. The molecule has 106 valence electrons. The highest BCUT2D eigenvalue weighted by atomic mass is 32.1. The minimum absolute atomic E-state index is 0.121. The van der Waals surface area contributed by atoms with Crippen LogP contribution in [0.3, 0.4) is 0 Å². The van der Waals surface area contributed by atoms with E-state index in [9.17, 15) is 9.90 Å². The number of rotatable bonds is 4. The summed E-state index contributed by atoms with van der Waals surface area (Å²) >= 11 is 1.56. The average molecular weight is 281 g/mol. The Morgan fingerprint density at radius 2 is 2.00 bits per heavy atom. The van der Waals surface area contributed by atoms with E-state index in [4.69, 9.17) is 0 Å². The van der Waals surface area contributed by atoms with Crippen molar-refractivity contribution in [3.63, 3.8) is 0 Å². The van der Waals surface area contributed by atoms with Crippen LogP contribution in [-0.4, -0.2) is 17.6 Å². The molecule has 0 bridgehead atoms. The standard InChI is InChI=1S/C15H23NO2S/c17-14(13-8-9-19-11-13)10-16-15(18)12-6-4-2-1-3-5-7-12/h8-9,11-12,14,17H,1-7,10H2,(H,16,18). The number of thiophene rings is 1. The van der Waals surface area contributed by atoms with E-state index >= 15 is 0 Å². The molecule has 1 aromatic heterocycles. The Kier molecular flexibility index (Phi) is 5.86. The van der Waals surface area contributed by atoms with Crippen molar-refractivity contribution in [1.82, 2.24) is 5.32 Å². The van der Waals surface area contributed by atoms with Gasteiger partial charge in [-0.3, -0.25) is 4.79 Å². The minimum atomic E-state index is -0.580. The van der Waals surface area contributed by atoms with E-state index in [1.807, 2.05) is 16.8 Å². The van der Waals surface area contributed by atoms with Gasteiger partial charge in [0.05, 0.1) is 6.10 Å². The van der Waals surface area contributed by atoms with E-state index in [0.29, 0.717) is 6.54 Å². The molecule has 19 heavy (non-hydrogen) atoms. The molecule has 1 heterocycles. The summed E-state index contributed by atoms with van der Waals surface area (Å²) in [4.78, 5) is 12.1. The van der Waals surface area contributed by atoms with Crippen LogP contribution in [0.15, 0.2) is 16.8 Å². The Morgan fingerprint density at radius 3 is 2.63 bits per heavy atom. The van der Waals surface area contributed by atoms with Crippen molar-refractivity contribution in [1.29, 1.82) is 0 Å². The summed E-state index contributed by atoms with van der Waals surface area (Å²) in [6, 6.07) is 1.90. The first-order valence-electron chi connectivity index (χ1n) is 7.25. The molecule has 0 spiro atoms. The summed E-state index contributed by atoms with van der Waals surface area (Å²) in [5, 5.41) is 16.7. The van der Waals surface area contributed by atoms with Crippen molar-refractivity contribution < 1.29 is 9.90 Å². The Labute approximate surface area is 119 Å². The summed E-state index contributed by atoms with van der Waals surface area (Å²) in [6.45, 7) is 0.325. The largest absolute Gasteiger partial charge is 0.387 e. The first-order valence-corrected chi connectivity index (χ1v) is 8.19. The van der Waals surface area contributed by atoms with Gasteiger partial charge in [0.25, 0.3) is 0 Å². The molecule has 1 saturated carbocycles. The van der Waals surface area contributed by atoms with E-state index in [1.165, 1.54) is 19.3 Å². The second kappa shape index (κ2) is 7.65. The van der Waals surface area contributed by atoms with Crippen molar-refractivity contribution in [3.8, 4) is 0 Å². The number of carbonyl (C=O) groups is 1. The third-order valence-electron chi connectivity index (χ3n) is 3.87. The van der Waals surface area contributed by atoms with E-state index in [-0.39, 0.29) is 11.8 Å². The molecule has 2 N–H and O–H groups in total. The number of aliphatic hydroxyl groups is 1.